The molecule has 5 atom stereocenters. The molecular weight excluding hydrogens is 825 g/mol. The van der Waals surface area contributed by atoms with Crippen LogP contribution in [0.2, 0.25) is 0 Å². The van der Waals surface area contributed by atoms with E-state index < -0.39 is 98.4 Å². The third kappa shape index (κ3) is 13.1. The van der Waals surface area contributed by atoms with E-state index in [1.807, 2.05) is 58.0 Å². The lowest BCUT2D eigenvalue weighted by Crippen LogP contribution is -2.61. The maximum Gasteiger partial charge on any atom is 0.325 e. The van der Waals surface area contributed by atoms with Crippen LogP contribution in [-0.2, 0) is 35.3 Å². The number of nitrogens with one attached hydrogen (secondary N) is 4. The number of carbonyl (C=O) groups is 4. The first-order valence-corrected chi connectivity index (χ1v) is 21.3. The number of halogens is 5. The molecule has 2 fully saturated rings. The SMILES string of the molecule is CC(C)[C@H](NC(=O)C1(/C=C/c2ccc3ccc([C@@H](C)N[S+]([O-])C(C)(C)C)nc3c2)CCC(F)(F)CC1)C(=O)N[C@@H](C)C(=O)N1CCC[C@@H](C(=O)OCC(Cl)(Cl)Cl)N1. The molecule has 1 aromatic carbocycles. The molecule has 4 N–H and O–H groups in total. The van der Waals surface area contributed by atoms with Crippen molar-refractivity contribution in [3.63, 3.8) is 0 Å². The Bertz CT molecular complexity index is 1800. The molecule has 316 valence electrons. The van der Waals surface area contributed by atoms with E-state index in [9.17, 15) is 32.5 Å². The summed E-state index contributed by atoms with van der Waals surface area (Å²) in [5.41, 5.74) is 3.50. The minimum Gasteiger partial charge on any atom is -0.598 e. The van der Waals surface area contributed by atoms with E-state index in [0.29, 0.717) is 29.6 Å². The highest BCUT2D eigenvalue weighted by Gasteiger charge is 2.47. The van der Waals surface area contributed by atoms with Crippen LogP contribution >= 0.6 is 34.8 Å². The van der Waals surface area contributed by atoms with Crippen molar-refractivity contribution < 1.29 is 37.2 Å². The zero-order valence-corrected chi connectivity index (χ0v) is 36.3. The van der Waals surface area contributed by atoms with Crippen molar-refractivity contribution in [3.05, 3.63) is 47.7 Å². The normalized spacial score (nSPS) is 20.8. The van der Waals surface area contributed by atoms with Crippen molar-refractivity contribution in [2.24, 2.45) is 11.3 Å². The van der Waals surface area contributed by atoms with E-state index in [1.165, 1.54) is 11.9 Å². The van der Waals surface area contributed by atoms with Crippen molar-refractivity contribution in [2.45, 2.75) is 126 Å². The lowest BCUT2D eigenvalue weighted by Gasteiger charge is -2.38. The molecule has 1 aliphatic carbocycles. The van der Waals surface area contributed by atoms with Gasteiger partial charge in [0, 0.05) is 36.1 Å². The highest BCUT2D eigenvalue weighted by atomic mass is 35.6. The average Bonchev–Trinajstić information content (AvgIpc) is 3.14. The van der Waals surface area contributed by atoms with Gasteiger partial charge in [0.2, 0.25) is 21.5 Å². The second-order valence-corrected chi connectivity index (χ2v) is 20.7. The number of hydrogen-bond acceptors (Lipinski definition) is 9. The largest absolute Gasteiger partial charge is 0.598 e. The Kier molecular flexibility index (Phi) is 15.7. The second kappa shape index (κ2) is 19.1. The van der Waals surface area contributed by atoms with Crippen molar-refractivity contribution in [1.82, 2.24) is 30.8 Å². The Balaban J connectivity index is 1.48. The highest BCUT2D eigenvalue weighted by molar-refractivity contribution is 7.90. The number of alkyl halides is 5. The van der Waals surface area contributed by atoms with E-state index in [2.05, 4.69) is 20.8 Å². The van der Waals surface area contributed by atoms with Crippen molar-refractivity contribution >= 4 is 86.8 Å². The second-order valence-electron chi connectivity index (χ2n) is 16.2. The van der Waals surface area contributed by atoms with Crippen LogP contribution in [0.1, 0.15) is 104 Å². The molecule has 1 aliphatic heterocycles. The first-order valence-electron chi connectivity index (χ1n) is 19.0. The number of benzene rings is 1. The van der Waals surface area contributed by atoms with Crippen molar-refractivity contribution in [3.8, 4) is 0 Å². The Labute approximate surface area is 351 Å². The summed E-state index contributed by atoms with van der Waals surface area (Å²) < 4.78 is 47.6. The number of pyridine rings is 1. The molecule has 0 bridgehead atoms. The van der Waals surface area contributed by atoms with E-state index in [-0.39, 0.29) is 25.4 Å². The number of ether oxygens (including phenoxy) is 1. The van der Waals surface area contributed by atoms with Crippen molar-refractivity contribution in [2.75, 3.05) is 13.2 Å². The molecular formula is C39H53Cl3F2N6O6S. The molecule has 1 saturated carbocycles. The summed E-state index contributed by atoms with van der Waals surface area (Å²) in [5.74, 6) is -5.83. The van der Waals surface area contributed by atoms with Gasteiger partial charge in [-0.1, -0.05) is 79.0 Å². The molecule has 3 amide bonds. The summed E-state index contributed by atoms with van der Waals surface area (Å²) in [6, 6.07) is 5.98. The predicted octanol–water partition coefficient (Wildman–Crippen LogP) is 6.61. The van der Waals surface area contributed by atoms with Gasteiger partial charge >= 0.3 is 5.97 Å². The van der Waals surface area contributed by atoms with Crippen LogP contribution in [0.3, 0.4) is 0 Å². The molecule has 18 heteroatoms. The van der Waals surface area contributed by atoms with Crippen LogP contribution < -0.4 is 20.8 Å². The minimum atomic E-state index is -2.94. The zero-order valence-electron chi connectivity index (χ0n) is 33.2. The minimum absolute atomic E-state index is 0.153. The van der Waals surface area contributed by atoms with Gasteiger partial charge in [0.25, 0.3) is 5.91 Å². The molecule has 12 nitrogen and oxygen atoms in total. The molecule has 2 aromatic rings. The summed E-state index contributed by atoms with van der Waals surface area (Å²) >= 11 is 15.7. The Hall–Kier alpha value is -2.79. The van der Waals surface area contributed by atoms with Gasteiger partial charge in [-0.15, -0.1) is 4.72 Å². The summed E-state index contributed by atoms with van der Waals surface area (Å²) in [7, 11) is 0. The topological polar surface area (TPSA) is 165 Å². The fourth-order valence-corrected chi connectivity index (χ4v) is 7.43. The summed E-state index contributed by atoms with van der Waals surface area (Å²) in [4.78, 5) is 58.5. The van der Waals surface area contributed by atoms with E-state index >= 15 is 0 Å². The Morgan fingerprint density at radius 2 is 1.70 bits per heavy atom. The number of esters is 1. The van der Waals surface area contributed by atoms with Gasteiger partial charge in [-0.3, -0.25) is 29.2 Å². The van der Waals surface area contributed by atoms with Gasteiger partial charge in [0.05, 0.1) is 22.7 Å². The first kappa shape index (κ1) is 46.9. The number of carbonyl (C=O) groups excluding carboxylic acids is 4. The maximum absolute atomic E-state index is 14.5. The number of fused-ring (bicyclic) bond motifs is 1. The molecule has 57 heavy (non-hydrogen) atoms. The van der Waals surface area contributed by atoms with Crippen LogP contribution in [-0.4, -0.2) is 84.0 Å². The van der Waals surface area contributed by atoms with Gasteiger partial charge in [-0.05, 0) is 83.9 Å². The summed E-state index contributed by atoms with van der Waals surface area (Å²) in [6.07, 6.45) is 2.84. The molecule has 0 spiro atoms. The van der Waals surface area contributed by atoms with E-state index in [1.54, 1.807) is 26.0 Å². The first-order chi connectivity index (χ1) is 26.4. The molecule has 0 radical (unpaired) electrons. The van der Waals surface area contributed by atoms with Gasteiger partial charge in [0.1, 0.15) is 29.5 Å². The van der Waals surface area contributed by atoms with Crippen LogP contribution in [0, 0.1) is 11.3 Å². The summed E-state index contributed by atoms with van der Waals surface area (Å²) in [5, 5.41) is 7.56. The molecule has 2 aliphatic rings. The number of hydrogen-bond donors (Lipinski definition) is 4. The molecule has 1 aromatic heterocycles. The highest BCUT2D eigenvalue weighted by Crippen LogP contribution is 2.45. The van der Waals surface area contributed by atoms with E-state index in [0.717, 1.165) is 5.39 Å². The van der Waals surface area contributed by atoms with Crippen LogP contribution in [0.4, 0.5) is 8.78 Å². The molecule has 2 heterocycles. The number of nitrogens with zero attached hydrogens (tertiary/aromatic N) is 2. The third-order valence-corrected chi connectivity index (χ3v) is 12.0. The van der Waals surface area contributed by atoms with Gasteiger partial charge in [-0.25, -0.2) is 14.2 Å². The number of aromatic nitrogens is 1. The fourth-order valence-electron chi connectivity index (χ4n) is 6.47. The predicted molar refractivity (Wildman–Crippen MR) is 220 cm³/mol. The standard InChI is InChI=1S/C39H53Cl3F2N6O6S/c1-23(2)31(32(51)45-25(4)33(52)50-20-8-9-29(48-50)34(53)56-22-39(40,41)42)47-35(54)37(16-18-38(43,44)19-17-37)15-14-26-10-11-27-12-13-28(46-30(27)21-26)24(3)49-57(55)36(5,6)7/h10-15,21,23-25,29,31,48-49H,8-9,16-20,22H2,1-7H3,(H,45,51)(H,47,54)/b15-14+/t24-,25+,29+,31+,57?/m1/s1. The van der Waals surface area contributed by atoms with Crippen molar-refractivity contribution in [1.29, 1.82) is 0 Å². The Morgan fingerprint density at radius 1 is 1.05 bits per heavy atom. The monoisotopic (exact) mass is 876 g/mol. The molecule has 4 rings (SSSR count). The van der Waals surface area contributed by atoms with Crippen LogP contribution in [0.25, 0.3) is 17.0 Å². The quantitative estimate of drug-likeness (QED) is 0.0985. The lowest BCUT2D eigenvalue weighted by atomic mass is 9.71. The smallest absolute Gasteiger partial charge is 0.325 e. The summed E-state index contributed by atoms with van der Waals surface area (Å²) in [6.45, 7) is 12.2. The van der Waals surface area contributed by atoms with Gasteiger partial charge < -0.3 is 19.9 Å². The van der Waals surface area contributed by atoms with Crippen LogP contribution in [0.15, 0.2) is 36.4 Å². The van der Waals surface area contributed by atoms with Crippen LogP contribution in [0.5, 0.6) is 0 Å². The Morgan fingerprint density at radius 3 is 2.32 bits per heavy atom. The third-order valence-electron chi connectivity index (χ3n) is 10.0. The fraction of sp³-hybridized carbons (Fsp3) is 0.615. The average molecular weight is 878 g/mol. The van der Waals surface area contributed by atoms with Gasteiger partial charge in [-0.2, -0.15) is 0 Å². The van der Waals surface area contributed by atoms with E-state index in [4.69, 9.17) is 44.5 Å². The molecule has 1 saturated heterocycles. The molecule has 1 unspecified atom stereocenters. The lowest BCUT2D eigenvalue weighted by molar-refractivity contribution is -0.152. The zero-order chi connectivity index (χ0) is 42.5. The maximum atomic E-state index is 14.5. The van der Waals surface area contributed by atoms with Gasteiger partial charge in [0.15, 0.2) is 0 Å². The number of amides is 3. The number of rotatable bonds is 13. The number of hydrazine groups is 1.